The van der Waals surface area contributed by atoms with E-state index in [4.69, 9.17) is 0 Å². The van der Waals surface area contributed by atoms with Gasteiger partial charge in [0.05, 0.1) is 36.7 Å². The summed E-state index contributed by atoms with van der Waals surface area (Å²) in [5, 5.41) is 30.4. The van der Waals surface area contributed by atoms with E-state index in [9.17, 15) is 37.8 Å². The first-order chi connectivity index (χ1) is 17.7. The van der Waals surface area contributed by atoms with Gasteiger partial charge in [-0.25, -0.2) is 0 Å². The molecule has 3 rings (SSSR count). The van der Waals surface area contributed by atoms with E-state index in [1.165, 1.54) is 26.0 Å². The number of nitrogens with one attached hydrogen (secondary N) is 4. The van der Waals surface area contributed by atoms with Crippen molar-refractivity contribution in [3.05, 3.63) is 64.7 Å². The first kappa shape index (κ1) is 28.4. The second-order valence-corrected chi connectivity index (χ2v) is 9.16. The number of anilines is 1. The molecule has 2 aromatic rings. The van der Waals surface area contributed by atoms with Crippen LogP contribution >= 0.6 is 0 Å². The highest BCUT2D eigenvalue weighted by Gasteiger charge is 2.34. The Morgan fingerprint density at radius 3 is 2.42 bits per heavy atom. The molecule has 6 N–H and O–H groups in total. The lowest BCUT2D eigenvalue weighted by molar-refractivity contribution is -0.138. The topological polar surface area (TPSA) is 152 Å². The van der Waals surface area contributed by atoms with Crippen molar-refractivity contribution in [2.45, 2.75) is 38.1 Å². The third kappa shape index (κ3) is 7.93. The quantitative estimate of drug-likeness (QED) is 0.288. The number of rotatable bonds is 9. The largest absolute Gasteiger partial charge is 0.481 e. The maximum Gasteiger partial charge on any atom is 0.416 e. The van der Waals surface area contributed by atoms with Crippen LogP contribution in [0.1, 0.15) is 53.4 Å². The van der Waals surface area contributed by atoms with E-state index in [1.807, 2.05) is 0 Å². The molecule has 38 heavy (non-hydrogen) atoms. The van der Waals surface area contributed by atoms with Gasteiger partial charge in [0, 0.05) is 17.8 Å². The average Bonchev–Trinajstić information content (AvgIpc) is 3.33. The predicted octanol–water partition coefficient (Wildman–Crippen LogP) is 2.37. The van der Waals surface area contributed by atoms with Crippen molar-refractivity contribution in [3.8, 4) is 0 Å². The number of carbonyl (C=O) groups is 3. The molecule has 2 amide bonds. The Morgan fingerprint density at radius 2 is 1.82 bits per heavy atom. The molecule has 204 valence electrons. The van der Waals surface area contributed by atoms with E-state index in [2.05, 4.69) is 26.3 Å². The molecule has 0 radical (unpaired) electrons. The Kier molecular flexibility index (Phi) is 8.61. The van der Waals surface area contributed by atoms with Gasteiger partial charge in [-0.1, -0.05) is 12.1 Å². The first-order valence-corrected chi connectivity index (χ1v) is 11.6. The molecule has 0 saturated carbocycles. The summed E-state index contributed by atoms with van der Waals surface area (Å²) in [4.78, 5) is 40.8. The van der Waals surface area contributed by atoms with Gasteiger partial charge in [0.15, 0.2) is 5.96 Å². The van der Waals surface area contributed by atoms with Crippen molar-refractivity contribution < 1.29 is 37.8 Å². The number of aliphatic hydroxyl groups is 1. The van der Waals surface area contributed by atoms with E-state index in [-0.39, 0.29) is 16.7 Å². The molecule has 13 heteroatoms. The van der Waals surface area contributed by atoms with Crippen LogP contribution in [-0.2, 0) is 21.4 Å². The number of carboxylic acid groups (broad SMARTS) is 1. The van der Waals surface area contributed by atoms with Gasteiger partial charge in [-0.05, 0) is 55.3 Å². The van der Waals surface area contributed by atoms with Crippen molar-refractivity contribution >= 4 is 29.4 Å². The van der Waals surface area contributed by atoms with Crippen LogP contribution in [0.3, 0.4) is 0 Å². The van der Waals surface area contributed by atoms with Gasteiger partial charge >= 0.3 is 12.1 Å². The number of nitrogens with zero attached hydrogens (tertiary/aromatic N) is 1. The van der Waals surface area contributed by atoms with E-state index in [0.717, 1.165) is 12.1 Å². The van der Waals surface area contributed by atoms with Gasteiger partial charge in [0.2, 0.25) is 5.91 Å². The summed E-state index contributed by atoms with van der Waals surface area (Å²) in [7, 11) is 0. The number of guanidine groups is 1. The fourth-order valence-electron chi connectivity index (χ4n) is 3.66. The molecule has 1 atom stereocenters. The molecule has 0 unspecified atom stereocenters. The Bertz CT molecular complexity index is 1210. The standard InChI is InChI=1S/C25H28F3N5O5/c1-24(2,38)16-8-15(9-17(11-16)25(26,27)28)19(12-21(35)36)33-20(34)13-31-22(37)14-4-3-5-18(10-14)32-23-29-6-7-30-23/h3-5,8-11,19,38H,6-7,12-13H2,1-2H3,(H,31,37)(H,33,34)(H,35,36)(H2,29,30,32)/t19-/m0/s1. The number of halogens is 3. The number of amides is 2. The number of hydrogen-bond donors (Lipinski definition) is 6. The van der Waals surface area contributed by atoms with Crippen molar-refractivity contribution in [3.63, 3.8) is 0 Å². The number of alkyl halides is 3. The summed E-state index contributed by atoms with van der Waals surface area (Å²) >= 11 is 0. The van der Waals surface area contributed by atoms with Gasteiger partial charge in [-0.3, -0.25) is 19.4 Å². The van der Waals surface area contributed by atoms with Crippen molar-refractivity contribution in [1.82, 2.24) is 16.0 Å². The Morgan fingerprint density at radius 1 is 1.11 bits per heavy atom. The lowest BCUT2D eigenvalue weighted by Crippen LogP contribution is -2.39. The fourth-order valence-corrected chi connectivity index (χ4v) is 3.66. The molecule has 10 nitrogen and oxygen atoms in total. The SMILES string of the molecule is CC(C)(O)c1cc([C@H](CC(=O)O)NC(=O)CNC(=O)c2cccc(NC3=NCCN3)c2)cc(C(F)(F)F)c1. The first-order valence-electron chi connectivity index (χ1n) is 11.6. The van der Waals surface area contributed by atoms with Crippen molar-refractivity contribution in [2.75, 3.05) is 25.0 Å². The average molecular weight is 536 g/mol. The maximum atomic E-state index is 13.5. The van der Waals surface area contributed by atoms with E-state index < -0.39 is 54.1 Å². The highest BCUT2D eigenvalue weighted by molar-refractivity contribution is 5.99. The second-order valence-electron chi connectivity index (χ2n) is 9.16. The molecule has 0 aliphatic carbocycles. The van der Waals surface area contributed by atoms with Gasteiger partial charge in [-0.2, -0.15) is 13.2 Å². The molecule has 0 spiro atoms. The number of hydrogen-bond acceptors (Lipinski definition) is 7. The lowest BCUT2D eigenvalue weighted by Gasteiger charge is -2.24. The molecular formula is C25H28F3N5O5. The van der Waals surface area contributed by atoms with Crippen LogP contribution < -0.4 is 21.3 Å². The molecule has 1 heterocycles. The summed E-state index contributed by atoms with van der Waals surface area (Å²) < 4.78 is 40.5. The summed E-state index contributed by atoms with van der Waals surface area (Å²) in [6, 6.07) is 7.77. The van der Waals surface area contributed by atoms with Crippen LogP contribution in [-0.4, -0.2) is 53.6 Å². The van der Waals surface area contributed by atoms with Crippen molar-refractivity contribution in [1.29, 1.82) is 0 Å². The smallest absolute Gasteiger partial charge is 0.416 e. The zero-order valence-electron chi connectivity index (χ0n) is 20.6. The third-order valence-corrected chi connectivity index (χ3v) is 5.58. The summed E-state index contributed by atoms with van der Waals surface area (Å²) in [5.74, 6) is -2.21. The minimum absolute atomic E-state index is 0.104. The van der Waals surface area contributed by atoms with Gasteiger partial charge in [0.1, 0.15) is 0 Å². The number of carboxylic acids is 1. The minimum Gasteiger partial charge on any atom is -0.481 e. The zero-order chi connectivity index (χ0) is 28.1. The molecule has 1 aliphatic rings. The Labute approximate surface area is 216 Å². The summed E-state index contributed by atoms with van der Waals surface area (Å²) in [6.07, 6.45) is -5.50. The summed E-state index contributed by atoms with van der Waals surface area (Å²) in [5.41, 5.74) is -2.20. The highest BCUT2D eigenvalue weighted by atomic mass is 19.4. The van der Waals surface area contributed by atoms with Crippen molar-refractivity contribution in [2.24, 2.45) is 4.99 Å². The Balaban J connectivity index is 1.72. The predicted molar refractivity (Wildman–Crippen MR) is 133 cm³/mol. The van der Waals surface area contributed by atoms with Crippen LogP contribution in [0.25, 0.3) is 0 Å². The third-order valence-electron chi connectivity index (χ3n) is 5.58. The minimum atomic E-state index is -4.77. The monoisotopic (exact) mass is 535 g/mol. The second kappa shape index (κ2) is 11.5. The summed E-state index contributed by atoms with van der Waals surface area (Å²) in [6.45, 7) is 3.34. The van der Waals surface area contributed by atoms with Crippen LogP contribution in [0.5, 0.6) is 0 Å². The molecule has 0 fully saturated rings. The molecule has 1 aliphatic heterocycles. The highest BCUT2D eigenvalue weighted by Crippen LogP contribution is 2.35. The number of carbonyl (C=O) groups excluding carboxylic acids is 2. The molecule has 0 aromatic heterocycles. The Hall–Kier alpha value is -4.13. The fraction of sp³-hybridized carbons (Fsp3) is 0.360. The number of aliphatic carboxylic acids is 1. The van der Waals surface area contributed by atoms with Gasteiger partial charge in [-0.15, -0.1) is 0 Å². The van der Waals surface area contributed by atoms with E-state index in [1.54, 1.807) is 18.2 Å². The van der Waals surface area contributed by atoms with Gasteiger partial charge < -0.3 is 31.5 Å². The van der Waals surface area contributed by atoms with Gasteiger partial charge in [0.25, 0.3) is 5.91 Å². The van der Waals surface area contributed by atoms with E-state index in [0.29, 0.717) is 24.7 Å². The zero-order valence-corrected chi connectivity index (χ0v) is 20.6. The van der Waals surface area contributed by atoms with Crippen LogP contribution in [0.15, 0.2) is 47.5 Å². The molecule has 0 saturated heterocycles. The normalized spacial score (nSPS) is 14.2. The molecular weight excluding hydrogens is 507 g/mol. The number of aliphatic imine (C=N–C) groups is 1. The molecule has 2 aromatic carbocycles. The maximum absolute atomic E-state index is 13.5. The van der Waals surface area contributed by atoms with Crippen LogP contribution in [0.2, 0.25) is 0 Å². The number of benzene rings is 2. The lowest BCUT2D eigenvalue weighted by atomic mass is 9.91. The van der Waals surface area contributed by atoms with Crippen LogP contribution in [0.4, 0.5) is 18.9 Å². The molecule has 0 bridgehead atoms. The van der Waals surface area contributed by atoms with E-state index >= 15 is 0 Å². The van der Waals surface area contributed by atoms with Crippen LogP contribution in [0, 0.1) is 0 Å².